The number of amides is 3. The van der Waals surface area contributed by atoms with Crippen LogP contribution in [0.5, 0.6) is 0 Å². The highest BCUT2D eigenvalue weighted by Gasteiger charge is 2.36. The van der Waals surface area contributed by atoms with Crippen molar-refractivity contribution in [2.75, 3.05) is 20.1 Å². The Hall–Kier alpha value is -2.41. The van der Waals surface area contributed by atoms with Gasteiger partial charge in [-0.1, -0.05) is 12.1 Å². The third-order valence-electron chi connectivity index (χ3n) is 3.46. The van der Waals surface area contributed by atoms with E-state index in [0.29, 0.717) is 11.1 Å². The number of benzene rings is 1. The highest BCUT2D eigenvalue weighted by Crippen LogP contribution is 2.22. The van der Waals surface area contributed by atoms with E-state index in [9.17, 15) is 19.5 Å². The van der Waals surface area contributed by atoms with Crippen LogP contribution in [0.3, 0.4) is 0 Å². The lowest BCUT2D eigenvalue weighted by Crippen LogP contribution is -2.44. The molecular weight excluding hydrogens is 312 g/mol. The van der Waals surface area contributed by atoms with Crippen LogP contribution in [0.2, 0.25) is 0 Å². The van der Waals surface area contributed by atoms with Gasteiger partial charge in [-0.25, -0.2) is 4.79 Å². The predicted octanol–water partition coefficient (Wildman–Crippen LogP) is 1.51. The zero-order valence-corrected chi connectivity index (χ0v) is 14.3. The number of β-amino-alcohol motifs (C(OH)–C–C–N with tert-alkyl or cyclic N) is 1. The van der Waals surface area contributed by atoms with Gasteiger partial charge < -0.3 is 14.7 Å². The summed E-state index contributed by atoms with van der Waals surface area (Å²) in [4.78, 5) is 38.6. The second-order valence-corrected chi connectivity index (χ2v) is 6.78. The van der Waals surface area contributed by atoms with Crippen LogP contribution in [0.1, 0.15) is 41.5 Å². The molecule has 0 radical (unpaired) electrons. The Kier molecular flexibility index (Phi) is 4.94. The molecule has 0 aromatic heterocycles. The van der Waals surface area contributed by atoms with Crippen molar-refractivity contribution in [3.63, 3.8) is 0 Å². The molecule has 0 bridgehead atoms. The van der Waals surface area contributed by atoms with E-state index in [1.807, 2.05) is 0 Å². The van der Waals surface area contributed by atoms with Gasteiger partial charge in [0.05, 0.1) is 30.3 Å². The summed E-state index contributed by atoms with van der Waals surface area (Å²) < 4.78 is 5.19. The summed E-state index contributed by atoms with van der Waals surface area (Å²) in [6, 6.07) is 6.52. The zero-order valence-electron chi connectivity index (χ0n) is 14.3. The molecule has 1 aromatic rings. The van der Waals surface area contributed by atoms with Crippen LogP contribution in [-0.4, -0.2) is 64.7 Å². The molecule has 1 N–H and O–H groups in total. The number of nitrogens with zero attached hydrogens (tertiary/aromatic N) is 2. The fourth-order valence-corrected chi connectivity index (χ4v) is 2.40. The summed E-state index contributed by atoms with van der Waals surface area (Å²) in [5.41, 5.74) is 0.0177. The molecule has 1 aliphatic rings. The van der Waals surface area contributed by atoms with Crippen LogP contribution in [0, 0.1) is 0 Å². The van der Waals surface area contributed by atoms with E-state index in [-0.39, 0.29) is 13.1 Å². The van der Waals surface area contributed by atoms with Gasteiger partial charge in [0.25, 0.3) is 11.8 Å². The monoisotopic (exact) mass is 334 g/mol. The highest BCUT2D eigenvalue weighted by molar-refractivity contribution is 6.21. The highest BCUT2D eigenvalue weighted by atomic mass is 16.6. The van der Waals surface area contributed by atoms with Gasteiger partial charge in [-0.2, -0.15) is 0 Å². The van der Waals surface area contributed by atoms with Crippen LogP contribution >= 0.6 is 0 Å². The number of ether oxygens (including phenoxy) is 1. The van der Waals surface area contributed by atoms with Crippen molar-refractivity contribution in [3.8, 4) is 0 Å². The normalized spacial score (nSPS) is 15.3. The van der Waals surface area contributed by atoms with Crippen LogP contribution < -0.4 is 0 Å². The van der Waals surface area contributed by atoms with Crippen molar-refractivity contribution in [1.82, 2.24) is 9.80 Å². The second-order valence-electron chi connectivity index (χ2n) is 6.78. The first-order valence-electron chi connectivity index (χ1n) is 7.67. The number of carbonyl (C=O) groups excluding carboxylic acids is 3. The molecule has 7 nitrogen and oxygen atoms in total. The summed E-state index contributed by atoms with van der Waals surface area (Å²) in [5.74, 6) is -0.871. The molecule has 1 atom stereocenters. The molecule has 130 valence electrons. The molecule has 2 rings (SSSR count). The van der Waals surface area contributed by atoms with E-state index in [2.05, 4.69) is 0 Å². The van der Waals surface area contributed by atoms with Crippen LogP contribution in [0.25, 0.3) is 0 Å². The Morgan fingerprint density at radius 2 is 1.71 bits per heavy atom. The van der Waals surface area contributed by atoms with Crippen LogP contribution in [0.15, 0.2) is 24.3 Å². The van der Waals surface area contributed by atoms with E-state index in [4.69, 9.17) is 4.74 Å². The summed E-state index contributed by atoms with van der Waals surface area (Å²) >= 11 is 0. The maximum atomic E-state index is 12.2. The van der Waals surface area contributed by atoms with E-state index in [0.717, 1.165) is 4.90 Å². The molecule has 1 aliphatic heterocycles. The maximum Gasteiger partial charge on any atom is 0.410 e. The number of hydrogen-bond acceptors (Lipinski definition) is 5. The largest absolute Gasteiger partial charge is 0.444 e. The second kappa shape index (κ2) is 6.60. The van der Waals surface area contributed by atoms with Crippen molar-refractivity contribution in [2.45, 2.75) is 32.5 Å². The first-order chi connectivity index (χ1) is 11.1. The van der Waals surface area contributed by atoms with Gasteiger partial charge in [0.1, 0.15) is 5.60 Å². The molecule has 1 heterocycles. The van der Waals surface area contributed by atoms with Crippen LogP contribution in [-0.2, 0) is 4.74 Å². The van der Waals surface area contributed by atoms with Crippen molar-refractivity contribution in [1.29, 1.82) is 0 Å². The smallest absolute Gasteiger partial charge is 0.410 e. The lowest BCUT2D eigenvalue weighted by atomic mass is 10.1. The lowest BCUT2D eigenvalue weighted by molar-refractivity contribution is 0.0174. The molecule has 0 saturated carbocycles. The van der Waals surface area contributed by atoms with Crippen molar-refractivity contribution in [3.05, 3.63) is 35.4 Å². The summed E-state index contributed by atoms with van der Waals surface area (Å²) in [6.07, 6.45) is -1.64. The minimum Gasteiger partial charge on any atom is -0.444 e. The third-order valence-corrected chi connectivity index (χ3v) is 3.46. The van der Waals surface area contributed by atoms with E-state index in [1.165, 1.54) is 11.9 Å². The van der Waals surface area contributed by atoms with Crippen molar-refractivity contribution in [2.24, 2.45) is 0 Å². The molecule has 0 aliphatic carbocycles. The minimum absolute atomic E-state index is 0.0533. The number of rotatable bonds is 4. The molecule has 7 heteroatoms. The Bertz CT molecular complexity index is 630. The number of imide groups is 1. The van der Waals surface area contributed by atoms with E-state index in [1.54, 1.807) is 45.0 Å². The van der Waals surface area contributed by atoms with Gasteiger partial charge in [-0.3, -0.25) is 14.5 Å². The molecule has 0 spiro atoms. The average molecular weight is 334 g/mol. The van der Waals surface area contributed by atoms with Crippen molar-refractivity contribution >= 4 is 17.9 Å². The summed E-state index contributed by atoms with van der Waals surface area (Å²) in [7, 11) is 1.49. The number of hydrogen-bond donors (Lipinski definition) is 1. The Morgan fingerprint density at radius 1 is 1.21 bits per heavy atom. The average Bonchev–Trinajstić information content (AvgIpc) is 2.71. The number of fused-ring (bicyclic) bond motifs is 1. The Balaban J connectivity index is 1.96. The van der Waals surface area contributed by atoms with Crippen LogP contribution in [0.4, 0.5) is 4.79 Å². The predicted molar refractivity (Wildman–Crippen MR) is 86.7 cm³/mol. The molecule has 0 unspecified atom stereocenters. The van der Waals surface area contributed by atoms with Gasteiger partial charge in [0, 0.05) is 7.05 Å². The summed E-state index contributed by atoms with van der Waals surface area (Å²) in [5, 5.41) is 10.1. The van der Waals surface area contributed by atoms with Crippen molar-refractivity contribution < 1.29 is 24.2 Å². The lowest BCUT2D eigenvalue weighted by Gasteiger charge is -2.27. The summed E-state index contributed by atoms with van der Waals surface area (Å²) in [6.45, 7) is 5.00. The zero-order chi connectivity index (χ0) is 18.1. The number of aliphatic hydroxyl groups is 1. The fourth-order valence-electron chi connectivity index (χ4n) is 2.40. The van der Waals surface area contributed by atoms with Gasteiger partial charge in [0.15, 0.2) is 0 Å². The number of carbonyl (C=O) groups is 3. The quantitative estimate of drug-likeness (QED) is 0.844. The topological polar surface area (TPSA) is 87.2 Å². The Labute approximate surface area is 140 Å². The van der Waals surface area contributed by atoms with Gasteiger partial charge in [-0.15, -0.1) is 0 Å². The maximum absolute atomic E-state index is 12.2. The number of likely N-dealkylation sites (N-methyl/N-ethyl adjacent to an activating group) is 1. The molecule has 3 amide bonds. The SMILES string of the molecule is CN(C[C@H](O)CN1C(=O)c2ccccc2C1=O)C(=O)OC(C)(C)C. The molecular formula is C17H22N2O5. The van der Waals surface area contributed by atoms with Gasteiger partial charge in [-0.05, 0) is 32.9 Å². The first kappa shape index (κ1) is 17.9. The molecule has 0 fully saturated rings. The first-order valence-corrected chi connectivity index (χ1v) is 7.67. The minimum atomic E-state index is -1.07. The Morgan fingerprint density at radius 3 is 2.17 bits per heavy atom. The van der Waals surface area contributed by atoms with Gasteiger partial charge >= 0.3 is 6.09 Å². The third kappa shape index (κ3) is 3.91. The standard InChI is InChI=1S/C17H22N2O5/c1-17(2,3)24-16(23)18(4)9-11(20)10-19-14(21)12-7-5-6-8-13(12)15(19)22/h5-8,11,20H,9-10H2,1-4H3/t11-/m0/s1. The van der Waals surface area contributed by atoms with E-state index >= 15 is 0 Å². The van der Waals surface area contributed by atoms with Gasteiger partial charge in [0.2, 0.25) is 0 Å². The number of aliphatic hydroxyl groups excluding tert-OH is 1. The molecule has 1 aromatic carbocycles. The van der Waals surface area contributed by atoms with E-state index < -0.39 is 29.6 Å². The molecule has 0 saturated heterocycles. The fraction of sp³-hybridized carbons (Fsp3) is 0.471. The molecule has 24 heavy (non-hydrogen) atoms.